The van der Waals surface area contributed by atoms with Gasteiger partial charge in [-0.1, -0.05) is 11.6 Å². The molecule has 0 bridgehead atoms. The molecule has 5 nitrogen and oxygen atoms in total. The number of nitrogens with one attached hydrogen (secondary N) is 1. The maximum atomic E-state index is 11.7. The van der Waals surface area contributed by atoms with E-state index < -0.39 is 17.0 Å². The van der Waals surface area contributed by atoms with Gasteiger partial charge in [0.1, 0.15) is 11.3 Å². The van der Waals surface area contributed by atoms with Crippen LogP contribution < -0.4 is 9.46 Å². The van der Waals surface area contributed by atoms with E-state index in [4.69, 9.17) is 16.3 Å². The molecule has 1 unspecified atom stereocenters. The number of esters is 1. The van der Waals surface area contributed by atoms with Crippen molar-refractivity contribution in [3.63, 3.8) is 0 Å². The number of ether oxygens (including phenoxy) is 2. The molecule has 0 aliphatic heterocycles. The van der Waals surface area contributed by atoms with Crippen molar-refractivity contribution in [2.75, 3.05) is 27.0 Å². The Morgan fingerprint density at radius 1 is 1.42 bits per heavy atom. The smallest absolute Gasteiger partial charge is 0.341 e. The summed E-state index contributed by atoms with van der Waals surface area (Å²) in [5.74, 6) is -0.0763. The Labute approximate surface area is 119 Å². The van der Waals surface area contributed by atoms with E-state index in [9.17, 15) is 9.00 Å². The second kappa shape index (κ2) is 7.47. The molecule has 0 saturated carbocycles. The van der Waals surface area contributed by atoms with Gasteiger partial charge in [-0.05, 0) is 24.1 Å². The molecule has 1 aromatic rings. The van der Waals surface area contributed by atoms with E-state index in [-0.39, 0.29) is 5.56 Å². The fourth-order valence-electron chi connectivity index (χ4n) is 1.67. The van der Waals surface area contributed by atoms with Gasteiger partial charge >= 0.3 is 5.97 Å². The van der Waals surface area contributed by atoms with Gasteiger partial charge in [0.15, 0.2) is 0 Å². The predicted octanol–water partition coefficient (Wildman–Crippen LogP) is 1.56. The highest BCUT2D eigenvalue weighted by atomic mass is 35.5. The minimum atomic E-state index is -1.08. The number of hydrogen-bond donors (Lipinski definition) is 1. The van der Waals surface area contributed by atoms with Crippen LogP contribution in [0.3, 0.4) is 0 Å². The predicted molar refractivity (Wildman–Crippen MR) is 75.1 cm³/mol. The number of methoxy groups -OCH3 is 2. The Balaban J connectivity index is 3.05. The molecule has 0 aliphatic rings. The van der Waals surface area contributed by atoms with Crippen molar-refractivity contribution >= 4 is 28.6 Å². The number of carbonyl (C=O) groups is 1. The van der Waals surface area contributed by atoms with Gasteiger partial charge < -0.3 is 9.47 Å². The number of benzene rings is 1. The molecule has 1 aromatic carbocycles. The second-order valence-corrected chi connectivity index (χ2v) is 5.37. The third-order valence-electron chi connectivity index (χ3n) is 2.44. The van der Waals surface area contributed by atoms with E-state index in [1.807, 2.05) is 0 Å². The van der Waals surface area contributed by atoms with Crippen LogP contribution in [0.5, 0.6) is 5.75 Å². The first kappa shape index (κ1) is 15.9. The average Bonchev–Trinajstić information content (AvgIpc) is 2.36. The van der Waals surface area contributed by atoms with Gasteiger partial charge in [-0.2, -0.15) is 0 Å². The van der Waals surface area contributed by atoms with Crippen molar-refractivity contribution in [1.29, 1.82) is 0 Å². The fourth-order valence-corrected chi connectivity index (χ4v) is 2.30. The highest BCUT2D eigenvalue weighted by Gasteiger charge is 2.17. The van der Waals surface area contributed by atoms with Gasteiger partial charge in [0.2, 0.25) is 0 Å². The topological polar surface area (TPSA) is 64.6 Å². The van der Waals surface area contributed by atoms with Gasteiger partial charge in [0.05, 0.1) is 25.2 Å². The quantitative estimate of drug-likeness (QED) is 0.810. The van der Waals surface area contributed by atoms with Crippen LogP contribution in [0.25, 0.3) is 0 Å². The Morgan fingerprint density at radius 3 is 2.63 bits per heavy atom. The number of carbonyl (C=O) groups excluding carboxylic acids is 1. The number of rotatable bonds is 6. The summed E-state index contributed by atoms with van der Waals surface area (Å²) < 4.78 is 23.7. The molecule has 0 radical (unpaired) electrons. The Bertz CT molecular complexity index is 493. The van der Waals surface area contributed by atoms with Crippen LogP contribution in [0.4, 0.5) is 0 Å². The molecule has 0 heterocycles. The third-order valence-corrected chi connectivity index (χ3v) is 3.27. The van der Waals surface area contributed by atoms with Crippen molar-refractivity contribution in [2.45, 2.75) is 6.42 Å². The normalized spacial score (nSPS) is 12.0. The van der Waals surface area contributed by atoms with Crippen LogP contribution in [-0.2, 0) is 22.1 Å². The largest absolute Gasteiger partial charge is 0.496 e. The highest BCUT2D eigenvalue weighted by molar-refractivity contribution is 7.82. The van der Waals surface area contributed by atoms with Crippen molar-refractivity contribution in [3.05, 3.63) is 28.3 Å². The van der Waals surface area contributed by atoms with E-state index in [0.29, 0.717) is 23.7 Å². The molecule has 106 valence electrons. The van der Waals surface area contributed by atoms with Crippen LogP contribution >= 0.6 is 11.6 Å². The number of halogens is 1. The lowest BCUT2D eigenvalue weighted by molar-refractivity contribution is 0.0597. The van der Waals surface area contributed by atoms with Crippen molar-refractivity contribution in [1.82, 2.24) is 4.72 Å². The Kier molecular flexibility index (Phi) is 6.27. The summed E-state index contributed by atoms with van der Waals surface area (Å²) in [7, 11) is 1.69. The summed E-state index contributed by atoms with van der Waals surface area (Å²) in [4.78, 5) is 11.7. The molecule has 1 atom stereocenters. The first-order valence-electron chi connectivity index (χ1n) is 5.51. The SMILES string of the molecule is COC(=O)c1cc(Cl)cc(CCNS(C)=O)c1OC. The van der Waals surface area contributed by atoms with E-state index in [2.05, 4.69) is 9.46 Å². The van der Waals surface area contributed by atoms with Gasteiger partial charge in [0.25, 0.3) is 0 Å². The van der Waals surface area contributed by atoms with Crippen LogP contribution in [0, 0.1) is 0 Å². The summed E-state index contributed by atoms with van der Waals surface area (Å²) in [5.41, 5.74) is 1.04. The maximum Gasteiger partial charge on any atom is 0.341 e. The van der Waals surface area contributed by atoms with E-state index in [1.54, 1.807) is 12.3 Å². The molecule has 0 spiro atoms. The first-order chi connectivity index (χ1) is 8.99. The zero-order chi connectivity index (χ0) is 14.4. The van der Waals surface area contributed by atoms with Crippen LogP contribution in [0.15, 0.2) is 12.1 Å². The summed E-state index contributed by atoms with van der Waals surface area (Å²) in [5, 5.41) is 0.425. The molecule has 1 N–H and O–H groups in total. The maximum absolute atomic E-state index is 11.7. The monoisotopic (exact) mass is 305 g/mol. The lowest BCUT2D eigenvalue weighted by Gasteiger charge is -2.13. The standard InChI is InChI=1S/C12H16ClNO4S/c1-17-11-8(4-5-14-19(3)16)6-9(13)7-10(11)12(15)18-2/h6-7,14H,4-5H2,1-3H3. The lowest BCUT2D eigenvalue weighted by Crippen LogP contribution is -2.19. The average molecular weight is 306 g/mol. The molecule has 0 aliphatic carbocycles. The second-order valence-electron chi connectivity index (χ2n) is 3.74. The lowest BCUT2D eigenvalue weighted by atomic mass is 10.1. The molecule has 0 amide bonds. The molecule has 0 fully saturated rings. The molecule has 1 rings (SSSR count). The molecular weight excluding hydrogens is 290 g/mol. The van der Waals surface area contributed by atoms with Crippen molar-refractivity contribution in [3.8, 4) is 5.75 Å². The zero-order valence-electron chi connectivity index (χ0n) is 11.0. The summed E-state index contributed by atoms with van der Waals surface area (Å²) in [6.07, 6.45) is 2.09. The van der Waals surface area contributed by atoms with Crippen LogP contribution in [0.2, 0.25) is 5.02 Å². The Hall–Kier alpha value is -1.11. The molecular formula is C12H16ClNO4S. The molecule has 19 heavy (non-hydrogen) atoms. The van der Waals surface area contributed by atoms with E-state index in [0.717, 1.165) is 5.56 Å². The Morgan fingerprint density at radius 2 is 2.11 bits per heavy atom. The molecule has 0 aromatic heterocycles. The first-order valence-corrected chi connectivity index (χ1v) is 7.44. The van der Waals surface area contributed by atoms with E-state index in [1.165, 1.54) is 20.3 Å². The van der Waals surface area contributed by atoms with Crippen LogP contribution in [0.1, 0.15) is 15.9 Å². The van der Waals surface area contributed by atoms with Crippen molar-refractivity contribution in [2.24, 2.45) is 0 Å². The van der Waals surface area contributed by atoms with Gasteiger partial charge in [-0.25, -0.2) is 13.7 Å². The van der Waals surface area contributed by atoms with Gasteiger partial charge in [-0.15, -0.1) is 0 Å². The van der Waals surface area contributed by atoms with Gasteiger partial charge in [-0.3, -0.25) is 0 Å². The molecule has 7 heteroatoms. The van der Waals surface area contributed by atoms with E-state index >= 15 is 0 Å². The summed E-state index contributed by atoms with van der Waals surface area (Å²) in [6, 6.07) is 3.22. The fraction of sp³-hybridized carbons (Fsp3) is 0.417. The minimum absolute atomic E-state index is 0.283. The third kappa shape index (κ3) is 4.49. The van der Waals surface area contributed by atoms with Gasteiger partial charge in [0, 0.05) is 17.8 Å². The molecule has 0 saturated heterocycles. The van der Waals surface area contributed by atoms with Crippen LogP contribution in [-0.4, -0.2) is 37.2 Å². The summed E-state index contributed by atoms with van der Waals surface area (Å²) >= 11 is 5.98. The van der Waals surface area contributed by atoms with Crippen molar-refractivity contribution < 1.29 is 18.5 Å². The number of hydrogen-bond acceptors (Lipinski definition) is 4. The zero-order valence-corrected chi connectivity index (χ0v) is 12.6. The highest BCUT2D eigenvalue weighted by Crippen LogP contribution is 2.29. The summed E-state index contributed by atoms with van der Waals surface area (Å²) in [6.45, 7) is 0.487. The minimum Gasteiger partial charge on any atom is -0.496 e.